The molecule has 394 valence electrons. The average molecular weight is 1150 g/mol. The Kier molecular flexibility index (Phi) is 11.4. The first-order valence-electron chi connectivity index (χ1n) is 27.3. The number of carbonyl (C=O) groups is 2. The van der Waals surface area contributed by atoms with Gasteiger partial charge in [0.25, 0.3) is 0 Å². The molecule has 0 bridgehead atoms. The number of allylic oxidation sites excluding steroid dienone is 6. The molecule has 0 spiro atoms. The summed E-state index contributed by atoms with van der Waals surface area (Å²) in [6.45, 7) is 8.49. The van der Waals surface area contributed by atoms with Crippen LogP contribution in [0.1, 0.15) is 108 Å². The van der Waals surface area contributed by atoms with E-state index in [0.29, 0.717) is 44.5 Å². The van der Waals surface area contributed by atoms with E-state index in [9.17, 15) is 30.6 Å². The highest BCUT2D eigenvalue weighted by Gasteiger charge is 2.54. The fraction of sp³-hybridized carbons (Fsp3) is 0.0811. The summed E-state index contributed by atoms with van der Waals surface area (Å²) in [5.41, 5.74) is 17.8. The van der Waals surface area contributed by atoms with Gasteiger partial charge in [0, 0.05) is 63.7 Å². The van der Waals surface area contributed by atoms with Gasteiger partial charge in [-0.2, -0.15) is 21.0 Å². The van der Waals surface area contributed by atoms with E-state index in [1.54, 1.807) is 57.5 Å². The number of hydrogen-bond acceptors (Lipinski definition) is 10. The highest BCUT2D eigenvalue weighted by molar-refractivity contribution is 7.41. The molecule has 0 saturated carbocycles. The van der Waals surface area contributed by atoms with Crippen molar-refractivity contribution in [2.24, 2.45) is 0 Å². The third-order valence-corrected chi connectivity index (χ3v) is 22.2. The van der Waals surface area contributed by atoms with Crippen LogP contribution in [0.25, 0.3) is 63.0 Å². The number of hydrogen-bond donors (Lipinski definition) is 0. The highest BCUT2D eigenvalue weighted by Crippen LogP contribution is 2.68. The van der Waals surface area contributed by atoms with Crippen LogP contribution < -0.4 is 0 Å². The van der Waals surface area contributed by atoms with Gasteiger partial charge in [0.2, 0.25) is 0 Å². The van der Waals surface area contributed by atoms with Crippen LogP contribution in [0.3, 0.4) is 0 Å². The fourth-order valence-corrected chi connectivity index (χ4v) is 19.0. The highest BCUT2D eigenvalue weighted by atomic mass is 32.2. The molecule has 4 aromatic heterocycles. The molecule has 0 N–H and O–H groups in total. The molecule has 0 radical (unpaired) electrons. The number of rotatable bonds is 6. The first-order valence-corrected chi connectivity index (χ1v) is 30.6. The van der Waals surface area contributed by atoms with Gasteiger partial charge in [0.15, 0.2) is 11.6 Å². The molecule has 15 rings (SSSR count). The molecule has 84 heavy (non-hydrogen) atoms. The van der Waals surface area contributed by atoms with E-state index in [4.69, 9.17) is 0 Å². The summed E-state index contributed by atoms with van der Waals surface area (Å²) < 4.78 is 2.19. The summed E-state index contributed by atoms with van der Waals surface area (Å²) in [6, 6.07) is 68.1. The Morgan fingerprint density at radius 3 is 1.01 bits per heavy atom. The molecule has 6 nitrogen and oxygen atoms in total. The smallest absolute Gasteiger partial charge is 0.194 e. The quantitative estimate of drug-likeness (QED) is 0.120. The van der Waals surface area contributed by atoms with Crippen molar-refractivity contribution in [1.82, 2.24) is 0 Å². The van der Waals surface area contributed by atoms with Crippen LogP contribution in [0.4, 0.5) is 0 Å². The van der Waals surface area contributed by atoms with Crippen molar-refractivity contribution in [3.8, 4) is 45.2 Å². The summed E-state index contributed by atoms with van der Waals surface area (Å²) in [5, 5.41) is 43.1. The molecule has 0 aliphatic heterocycles. The predicted molar refractivity (Wildman–Crippen MR) is 340 cm³/mol. The zero-order valence-electron chi connectivity index (χ0n) is 45.6. The molecule has 4 heterocycles. The largest absolute Gasteiger partial charge is 0.289 e. The third-order valence-electron chi connectivity index (χ3n) is 17.4. The number of nitrogens with zero attached hydrogens (tertiary/aromatic N) is 4. The van der Waals surface area contributed by atoms with Gasteiger partial charge >= 0.3 is 0 Å². The van der Waals surface area contributed by atoms with E-state index in [2.05, 4.69) is 173 Å². The van der Waals surface area contributed by atoms with Crippen LogP contribution in [-0.4, -0.2) is 11.6 Å². The Labute approximate surface area is 500 Å². The zero-order chi connectivity index (χ0) is 57.5. The fourth-order valence-electron chi connectivity index (χ4n) is 13.7. The molecule has 10 heteroatoms. The van der Waals surface area contributed by atoms with Gasteiger partial charge in [-0.15, -0.1) is 45.3 Å². The van der Waals surface area contributed by atoms with E-state index >= 15 is 0 Å². The molecule has 4 aliphatic rings. The van der Waals surface area contributed by atoms with Crippen molar-refractivity contribution in [3.63, 3.8) is 0 Å². The van der Waals surface area contributed by atoms with E-state index in [0.717, 1.165) is 84.2 Å². The number of Topliss-reactive ketones (excluding diaryl/α,β-unsaturated/α-hetero) is 2. The number of benzene rings is 7. The molecule has 0 amide bonds. The summed E-state index contributed by atoms with van der Waals surface area (Å²) >= 11 is 6.79. The number of nitriles is 4. The molecule has 11 aromatic rings. The summed E-state index contributed by atoms with van der Waals surface area (Å²) in [4.78, 5) is 32.7. The van der Waals surface area contributed by atoms with Gasteiger partial charge in [-0.05, 0) is 131 Å². The van der Waals surface area contributed by atoms with Gasteiger partial charge < -0.3 is 0 Å². The Morgan fingerprint density at radius 2 is 0.702 bits per heavy atom. The second-order valence-corrected chi connectivity index (χ2v) is 26.8. The predicted octanol–water partition coefficient (Wildman–Crippen LogP) is 18.4. The van der Waals surface area contributed by atoms with Crippen molar-refractivity contribution in [2.45, 2.75) is 38.5 Å². The lowest BCUT2D eigenvalue weighted by molar-refractivity contribution is 0.103. The molecule has 0 atom stereocenters. The third kappa shape index (κ3) is 7.01. The van der Waals surface area contributed by atoms with E-state index < -0.39 is 10.8 Å². The number of ketones is 2. The van der Waals surface area contributed by atoms with Crippen molar-refractivity contribution in [1.29, 1.82) is 21.0 Å². The monoisotopic (exact) mass is 1150 g/mol. The number of aryl methyl sites for hydroxylation is 4. The van der Waals surface area contributed by atoms with Crippen molar-refractivity contribution >= 4 is 99.0 Å². The average Bonchev–Trinajstić information content (AvgIpc) is 1.60. The lowest BCUT2D eigenvalue weighted by Crippen LogP contribution is -2.30. The molecule has 0 saturated heterocycles. The van der Waals surface area contributed by atoms with E-state index in [-0.39, 0.29) is 22.7 Å². The van der Waals surface area contributed by atoms with Gasteiger partial charge in [0.05, 0.1) is 18.9 Å². The number of fused-ring (bicyclic) bond motifs is 12. The molecule has 0 fully saturated rings. The number of carbonyl (C=O) groups excluding carboxylic acids is 2. The first kappa shape index (κ1) is 51.0. The topological polar surface area (TPSA) is 129 Å². The minimum absolute atomic E-state index is 0.0935. The number of thiophene rings is 4. The van der Waals surface area contributed by atoms with Crippen molar-refractivity contribution in [3.05, 3.63) is 291 Å². The molecule has 7 aromatic carbocycles. The first-order chi connectivity index (χ1) is 40.9. The second-order valence-electron chi connectivity index (χ2n) is 22.0. The Bertz CT molecular complexity index is 4670. The van der Waals surface area contributed by atoms with Gasteiger partial charge in [-0.1, -0.05) is 168 Å². The van der Waals surface area contributed by atoms with E-state index in [1.165, 1.54) is 32.0 Å². The molecular formula is C74H42N4O2S4. The van der Waals surface area contributed by atoms with Gasteiger partial charge in [-0.25, -0.2) is 0 Å². The standard InChI is InChI=1S/C74H42N4O2S4/c1-39-13-21-45(22-14-39)73(46-23-15-40(2)16-24-46)61-33-56-62(34-55(61)69-65(73)59-31-49(81-71(59)83-69)29-57-63(43(35-75)36-76)51-9-5-7-11-53(51)67(57)79)74(47-25-17-41(3)18-26-47,48-27-19-42(4)20-28-48)66-60-32-50(82-72(60)84-70(56)66)30-58-64(44(37-77)38-78)52-10-6-8-12-54(52)68(58)80/h5-34H,1-4H3/b57-29-,58-30-. The molecule has 0 unspecified atom stereocenters. The maximum Gasteiger partial charge on any atom is 0.194 e. The van der Waals surface area contributed by atoms with Crippen molar-refractivity contribution in [2.75, 3.05) is 0 Å². The Morgan fingerprint density at radius 1 is 0.393 bits per heavy atom. The normalized spacial score (nSPS) is 15.6. The Balaban J connectivity index is 1.02. The van der Waals surface area contributed by atoms with Crippen LogP contribution in [-0.2, 0) is 10.8 Å². The maximum absolute atomic E-state index is 14.3. The van der Waals surface area contributed by atoms with Crippen LogP contribution in [0.5, 0.6) is 0 Å². The summed E-state index contributed by atoms with van der Waals surface area (Å²) in [5.74, 6) is -0.419. The van der Waals surface area contributed by atoms with Gasteiger partial charge in [-0.3, -0.25) is 9.59 Å². The minimum atomic E-state index is -0.820. The van der Waals surface area contributed by atoms with Crippen LogP contribution >= 0.6 is 45.3 Å². The zero-order valence-corrected chi connectivity index (χ0v) is 48.8. The lowest BCUT2D eigenvalue weighted by Gasteiger charge is -2.36. The Hall–Kier alpha value is -9.88. The minimum Gasteiger partial charge on any atom is -0.289 e. The van der Waals surface area contributed by atoms with Gasteiger partial charge in [0.1, 0.15) is 35.4 Å². The van der Waals surface area contributed by atoms with Crippen molar-refractivity contribution < 1.29 is 9.59 Å². The molecule has 4 aliphatic carbocycles. The van der Waals surface area contributed by atoms with E-state index in [1.807, 2.05) is 48.6 Å². The van der Waals surface area contributed by atoms with Crippen LogP contribution in [0.15, 0.2) is 192 Å². The summed E-state index contributed by atoms with van der Waals surface area (Å²) in [7, 11) is 0. The lowest BCUT2D eigenvalue weighted by atomic mass is 9.65. The molecular weight excluding hydrogens is 1110 g/mol. The SMILES string of the molecule is Cc1ccc(C2(c3ccc(C)cc3)c3cc4c(cc3-c3sc5sc(/C=C6\C(=O)c7ccccc7C6=C(C#N)C#N)cc5c32)C(c2ccc(C)cc2)(c2ccc(C)cc2)c2c-4sc3sc(/C=C4\C(=O)c5ccccc5C4=C(C#N)C#N)cc23)cc1. The summed E-state index contributed by atoms with van der Waals surface area (Å²) in [6.07, 6.45) is 3.76. The van der Waals surface area contributed by atoms with Crippen LogP contribution in [0.2, 0.25) is 0 Å². The maximum atomic E-state index is 14.3. The second kappa shape index (κ2) is 18.8. The van der Waals surface area contributed by atoms with Crippen LogP contribution in [0, 0.1) is 73.0 Å².